The van der Waals surface area contributed by atoms with Crippen LogP contribution >= 0.6 is 0 Å². The summed E-state index contributed by atoms with van der Waals surface area (Å²) in [6.07, 6.45) is 8.73. The first kappa shape index (κ1) is 9.16. The highest BCUT2D eigenvalue weighted by atomic mass is 14.3. The lowest BCUT2D eigenvalue weighted by atomic mass is 9.54. The fraction of sp³-hybridized carbons (Fsp3) is 1.00. The van der Waals surface area contributed by atoms with Gasteiger partial charge >= 0.3 is 0 Å². The van der Waals surface area contributed by atoms with E-state index in [9.17, 15) is 0 Å². The Morgan fingerprint density at radius 1 is 1.27 bits per heavy atom. The van der Waals surface area contributed by atoms with Crippen LogP contribution in [0.25, 0.3) is 0 Å². The van der Waals surface area contributed by atoms with Gasteiger partial charge in [0.1, 0.15) is 7.85 Å². The second-order valence-corrected chi connectivity index (χ2v) is 4.52. The normalized spacial score (nSPS) is 26.4. The molecule has 1 heteroatoms. The molecule has 0 radical (unpaired) electrons. The van der Waals surface area contributed by atoms with Crippen molar-refractivity contribution in [1.29, 1.82) is 0 Å². The molecule has 0 spiro atoms. The molecule has 1 rings (SSSR count). The van der Waals surface area contributed by atoms with E-state index in [-0.39, 0.29) is 0 Å². The molecule has 0 N–H and O–H groups in total. The molecule has 0 amide bonds. The van der Waals surface area contributed by atoms with Gasteiger partial charge in [0, 0.05) is 0 Å². The molecule has 1 aliphatic rings. The predicted octanol–water partition coefficient (Wildman–Crippen LogP) is 2.79. The predicted molar refractivity (Wildman–Crippen MR) is 53.8 cm³/mol. The Morgan fingerprint density at radius 2 is 1.82 bits per heavy atom. The smallest absolute Gasteiger partial charge is 0.0651 e. The maximum absolute atomic E-state index is 2.49. The van der Waals surface area contributed by atoms with Gasteiger partial charge in [0.25, 0.3) is 0 Å². The molecule has 0 aliphatic heterocycles. The van der Waals surface area contributed by atoms with Crippen LogP contribution in [0.5, 0.6) is 0 Å². The van der Waals surface area contributed by atoms with Gasteiger partial charge < -0.3 is 0 Å². The van der Waals surface area contributed by atoms with Crippen molar-refractivity contribution in [2.24, 2.45) is 5.92 Å². The summed E-state index contributed by atoms with van der Waals surface area (Å²) in [5.74, 6) is 0.933. The van der Waals surface area contributed by atoms with Crippen LogP contribution in [-0.2, 0) is 0 Å². The van der Waals surface area contributed by atoms with Crippen molar-refractivity contribution in [2.45, 2.75) is 57.7 Å². The van der Waals surface area contributed by atoms with Crippen LogP contribution in [0.1, 0.15) is 52.4 Å². The Hall–Kier alpha value is 0.0649. The molecule has 0 saturated heterocycles. The molecule has 0 heterocycles. The third kappa shape index (κ3) is 2.01. The van der Waals surface area contributed by atoms with Crippen LogP contribution in [0.3, 0.4) is 0 Å². The van der Waals surface area contributed by atoms with Crippen molar-refractivity contribution in [2.75, 3.05) is 0 Å². The molecular weight excluding hydrogens is 131 g/mol. The number of hydrogen-bond donors (Lipinski definition) is 0. The minimum Gasteiger partial charge on any atom is -0.0651 e. The average Bonchev–Trinajstić information content (AvgIpc) is 2.04. The molecule has 64 valence electrons. The van der Waals surface area contributed by atoms with Crippen LogP contribution in [0.4, 0.5) is 0 Å². The van der Waals surface area contributed by atoms with Gasteiger partial charge in [-0.15, -0.1) is 0 Å². The van der Waals surface area contributed by atoms with E-state index in [0.29, 0.717) is 5.31 Å². The van der Waals surface area contributed by atoms with E-state index >= 15 is 0 Å². The van der Waals surface area contributed by atoms with Crippen molar-refractivity contribution in [1.82, 2.24) is 0 Å². The maximum Gasteiger partial charge on any atom is 0.109 e. The molecule has 1 unspecified atom stereocenters. The first-order valence-corrected chi connectivity index (χ1v) is 5.19. The summed E-state index contributed by atoms with van der Waals surface area (Å²) in [6.45, 7) is 4.75. The highest BCUT2D eigenvalue weighted by molar-refractivity contribution is 6.15. The quantitative estimate of drug-likeness (QED) is 0.533. The summed E-state index contributed by atoms with van der Waals surface area (Å²) in [5, 5.41) is 0.688. The van der Waals surface area contributed by atoms with Crippen molar-refractivity contribution in [3.05, 3.63) is 0 Å². The van der Waals surface area contributed by atoms with Gasteiger partial charge in [-0.25, -0.2) is 0 Å². The van der Waals surface area contributed by atoms with E-state index < -0.39 is 0 Å². The second kappa shape index (κ2) is 3.64. The molecule has 0 bridgehead atoms. The summed E-state index contributed by atoms with van der Waals surface area (Å²) in [7, 11) is 2.49. The highest BCUT2D eigenvalue weighted by Gasteiger charge is 2.30. The molecule has 0 aromatic rings. The molecular formula is C10H21B. The molecule has 0 aromatic heterocycles. The standard InChI is InChI=1S/C10H21B/c1-3-9(2)10(11)7-5-4-6-8-10/h9H,3-8,11H2,1-2H3. The maximum atomic E-state index is 2.49. The van der Waals surface area contributed by atoms with Crippen molar-refractivity contribution in [3.8, 4) is 0 Å². The van der Waals surface area contributed by atoms with Gasteiger partial charge in [-0.1, -0.05) is 57.7 Å². The lowest BCUT2D eigenvalue weighted by molar-refractivity contribution is 0.279. The first-order chi connectivity index (χ1) is 5.19. The van der Waals surface area contributed by atoms with E-state index in [2.05, 4.69) is 21.7 Å². The summed E-state index contributed by atoms with van der Waals surface area (Å²) in [5.41, 5.74) is 0. The average molecular weight is 152 g/mol. The van der Waals surface area contributed by atoms with E-state index in [1.165, 1.54) is 38.5 Å². The molecule has 11 heavy (non-hydrogen) atoms. The molecule has 1 fully saturated rings. The van der Waals surface area contributed by atoms with Crippen molar-refractivity contribution < 1.29 is 0 Å². The SMILES string of the molecule is BC1(C(C)CC)CCCCC1. The first-order valence-electron chi connectivity index (χ1n) is 5.19. The van der Waals surface area contributed by atoms with Crippen molar-refractivity contribution >= 4 is 7.85 Å². The zero-order valence-corrected chi connectivity index (χ0v) is 8.32. The Labute approximate surface area is 72.2 Å². The molecule has 1 atom stereocenters. The van der Waals surface area contributed by atoms with Gasteiger partial charge in [-0.3, -0.25) is 0 Å². The van der Waals surface area contributed by atoms with E-state index in [0.717, 1.165) is 5.92 Å². The fourth-order valence-electron chi connectivity index (χ4n) is 2.35. The van der Waals surface area contributed by atoms with Gasteiger partial charge in [0.05, 0.1) is 0 Å². The Bertz CT molecular complexity index is 114. The fourth-order valence-corrected chi connectivity index (χ4v) is 2.35. The Morgan fingerprint density at radius 3 is 2.27 bits per heavy atom. The van der Waals surface area contributed by atoms with Crippen LogP contribution in [0.2, 0.25) is 5.31 Å². The lowest BCUT2D eigenvalue weighted by Crippen LogP contribution is -2.24. The molecule has 1 saturated carbocycles. The van der Waals surface area contributed by atoms with Gasteiger partial charge in [-0.05, 0) is 5.92 Å². The van der Waals surface area contributed by atoms with E-state index in [1.807, 2.05) is 0 Å². The Kier molecular flexibility index (Phi) is 3.03. The van der Waals surface area contributed by atoms with Gasteiger partial charge in [-0.2, -0.15) is 0 Å². The third-order valence-electron chi connectivity index (χ3n) is 3.80. The lowest BCUT2D eigenvalue weighted by Gasteiger charge is -2.39. The summed E-state index contributed by atoms with van der Waals surface area (Å²) in [4.78, 5) is 0. The topological polar surface area (TPSA) is 0 Å². The summed E-state index contributed by atoms with van der Waals surface area (Å²) < 4.78 is 0. The monoisotopic (exact) mass is 152 g/mol. The van der Waals surface area contributed by atoms with E-state index in [1.54, 1.807) is 0 Å². The zero-order valence-electron chi connectivity index (χ0n) is 8.32. The largest absolute Gasteiger partial charge is 0.109 e. The molecule has 0 aromatic carbocycles. The van der Waals surface area contributed by atoms with Crippen LogP contribution < -0.4 is 0 Å². The van der Waals surface area contributed by atoms with Gasteiger partial charge in [0.15, 0.2) is 0 Å². The Balaban J connectivity index is 2.49. The molecule has 1 aliphatic carbocycles. The van der Waals surface area contributed by atoms with Crippen LogP contribution in [0.15, 0.2) is 0 Å². The van der Waals surface area contributed by atoms with Crippen LogP contribution in [0, 0.1) is 5.92 Å². The number of hydrogen-bond acceptors (Lipinski definition) is 0. The van der Waals surface area contributed by atoms with Crippen molar-refractivity contribution in [3.63, 3.8) is 0 Å². The highest BCUT2D eigenvalue weighted by Crippen LogP contribution is 2.47. The summed E-state index contributed by atoms with van der Waals surface area (Å²) in [6, 6.07) is 0. The van der Waals surface area contributed by atoms with Crippen LogP contribution in [-0.4, -0.2) is 7.85 Å². The van der Waals surface area contributed by atoms with E-state index in [4.69, 9.17) is 0 Å². The minimum absolute atomic E-state index is 0.688. The molecule has 0 nitrogen and oxygen atoms in total. The third-order valence-corrected chi connectivity index (χ3v) is 3.80. The minimum atomic E-state index is 0.688. The second-order valence-electron chi connectivity index (χ2n) is 4.52. The number of rotatable bonds is 2. The zero-order chi connectivity index (χ0) is 8.32. The van der Waals surface area contributed by atoms with Gasteiger partial charge in [0.2, 0.25) is 0 Å². The summed E-state index contributed by atoms with van der Waals surface area (Å²) >= 11 is 0.